The Morgan fingerprint density at radius 1 is 0.651 bits per heavy atom. The van der Waals surface area contributed by atoms with E-state index < -0.39 is 0 Å². The third-order valence-corrected chi connectivity index (χ3v) is 9.57. The molecule has 43 heavy (non-hydrogen) atoms. The van der Waals surface area contributed by atoms with E-state index in [4.69, 9.17) is 16.5 Å². The first-order valence-corrected chi connectivity index (χ1v) is 14.8. The molecule has 6 heteroatoms. The second-order valence-electron chi connectivity index (χ2n) is 11.7. The molecular weight excluding hydrogens is 528 g/mol. The van der Waals surface area contributed by atoms with E-state index in [9.17, 15) is 0 Å². The second kappa shape index (κ2) is 9.07. The highest BCUT2D eigenvalue weighted by Crippen LogP contribution is 2.60. The highest BCUT2D eigenvalue weighted by atomic mass is 15.5. The molecule has 5 aromatic rings. The second-order valence-corrected chi connectivity index (χ2v) is 11.7. The first kappa shape index (κ1) is 24.3. The number of nitrogens with zero attached hydrogens (tertiary/aromatic N) is 6. The molecule has 0 spiro atoms. The van der Waals surface area contributed by atoms with Gasteiger partial charge in [0.05, 0.1) is 11.4 Å². The SMILES string of the molecule is C=C1c2ccccc2N2c3nccnc3N(C)C2C2C1c1ccccc1N1C=C(c3ccccc3)N(c3ccccc3)C21. The van der Waals surface area contributed by atoms with Gasteiger partial charge in [0.25, 0.3) is 0 Å². The van der Waals surface area contributed by atoms with Crippen molar-refractivity contribution in [2.24, 2.45) is 5.92 Å². The fourth-order valence-electron chi connectivity index (χ4n) is 7.90. The summed E-state index contributed by atoms with van der Waals surface area (Å²) in [6.45, 7) is 4.86. The molecule has 4 unspecified atom stereocenters. The molecule has 4 aromatic carbocycles. The molecule has 4 aliphatic rings. The molecule has 0 saturated carbocycles. The van der Waals surface area contributed by atoms with Gasteiger partial charge in [0.15, 0.2) is 11.6 Å². The number of benzene rings is 4. The third kappa shape index (κ3) is 3.29. The summed E-state index contributed by atoms with van der Waals surface area (Å²) in [6.07, 6.45) is 5.86. The normalized spacial score (nSPS) is 23.0. The fraction of sp³-hybridized carbons (Fsp3) is 0.135. The maximum absolute atomic E-state index is 4.92. The third-order valence-electron chi connectivity index (χ3n) is 9.57. The number of allylic oxidation sites excluding steroid dienone is 1. The van der Waals surface area contributed by atoms with Gasteiger partial charge in [-0.2, -0.15) is 0 Å². The summed E-state index contributed by atoms with van der Waals surface area (Å²) in [4.78, 5) is 19.6. The molecule has 0 fully saturated rings. The number of para-hydroxylation sites is 3. The number of aromatic nitrogens is 2. The molecule has 9 rings (SSSR count). The Balaban J connectivity index is 1.35. The van der Waals surface area contributed by atoms with E-state index in [1.165, 1.54) is 22.5 Å². The van der Waals surface area contributed by atoms with Crippen molar-refractivity contribution in [3.63, 3.8) is 0 Å². The molecule has 4 atom stereocenters. The van der Waals surface area contributed by atoms with E-state index in [2.05, 4.69) is 142 Å². The summed E-state index contributed by atoms with van der Waals surface area (Å²) in [5, 5.41) is 0. The van der Waals surface area contributed by atoms with Crippen LogP contribution < -0.4 is 19.6 Å². The lowest BCUT2D eigenvalue weighted by Gasteiger charge is -2.51. The van der Waals surface area contributed by atoms with E-state index in [0.717, 1.165) is 34.1 Å². The molecule has 1 aromatic heterocycles. The molecule has 4 aliphatic heterocycles. The van der Waals surface area contributed by atoms with E-state index >= 15 is 0 Å². The Labute approximate surface area is 251 Å². The zero-order chi connectivity index (χ0) is 28.7. The molecule has 0 saturated heterocycles. The minimum atomic E-state index is -0.0570. The van der Waals surface area contributed by atoms with Gasteiger partial charge < -0.3 is 19.6 Å². The lowest BCUT2D eigenvalue weighted by atomic mass is 9.72. The molecule has 0 amide bonds. The van der Waals surface area contributed by atoms with Crippen LogP contribution >= 0.6 is 0 Å². The van der Waals surface area contributed by atoms with Gasteiger partial charge >= 0.3 is 0 Å². The van der Waals surface area contributed by atoms with Gasteiger partial charge in [-0.3, -0.25) is 0 Å². The van der Waals surface area contributed by atoms with Gasteiger partial charge in [0.1, 0.15) is 12.3 Å². The number of hydrogen-bond acceptors (Lipinski definition) is 6. The van der Waals surface area contributed by atoms with Gasteiger partial charge in [-0.25, -0.2) is 9.97 Å². The Hall–Kier alpha value is -5.36. The average molecular weight is 559 g/mol. The highest BCUT2D eigenvalue weighted by molar-refractivity contribution is 5.93. The minimum absolute atomic E-state index is 0.0344. The topological polar surface area (TPSA) is 38.7 Å². The summed E-state index contributed by atoms with van der Waals surface area (Å²) in [5.41, 5.74) is 9.49. The Morgan fingerprint density at radius 2 is 1.30 bits per heavy atom. The smallest absolute Gasteiger partial charge is 0.178 e. The van der Waals surface area contributed by atoms with E-state index in [1.54, 1.807) is 12.4 Å². The van der Waals surface area contributed by atoms with Crippen LogP contribution in [0.5, 0.6) is 0 Å². The van der Waals surface area contributed by atoms with Gasteiger partial charge in [0.2, 0.25) is 0 Å². The number of anilines is 5. The lowest BCUT2D eigenvalue weighted by Crippen LogP contribution is -2.59. The summed E-state index contributed by atoms with van der Waals surface area (Å²) in [6, 6.07) is 39.1. The highest BCUT2D eigenvalue weighted by Gasteiger charge is 2.58. The quantitative estimate of drug-likeness (QED) is 0.224. The van der Waals surface area contributed by atoms with E-state index in [-0.39, 0.29) is 24.2 Å². The van der Waals surface area contributed by atoms with E-state index in [1.807, 2.05) is 0 Å². The van der Waals surface area contributed by atoms with Crippen molar-refractivity contribution >= 4 is 40.0 Å². The van der Waals surface area contributed by atoms with Crippen LogP contribution in [0, 0.1) is 5.92 Å². The predicted octanol–water partition coefficient (Wildman–Crippen LogP) is 7.48. The molecule has 0 radical (unpaired) electrons. The van der Waals surface area contributed by atoms with Crippen molar-refractivity contribution < 1.29 is 0 Å². The van der Waals surface area contributed by atoms with Crippen molar-refractivity contribution in [2.75, 3.05) is 26.6 Å². The van der Waals surface area contributed by atoms with Gasteiger partial charge in [0, 0.05) is 54.4 Å². The fourth-order valence-corrected chi connectivity index (χ4v) is 7.90. The van der Waals surface area contributed by atoms with Crippen LogP contribution in [0.4, 0.5) is 28.7 Å². The van der Waals surface area contributed by atoms with Crippen LogP contribution in [0.2, 0.25) is 0 Å². The largest absolute Gasteiger partial charge is 0.335 e. The monoisotopic (exact) mass is 558 g/mol. The van der Waals surface area contributed by atoms with Crippen molar-refractivity contribution in [3.05, 3.63) is 151 Å². The van der Waals surface area contributed by atoms with Crippen LogP contribution in [0.3, 0.4) is 0 Å². The van der Waals surface area contributed by atoms with Crippen LogP contribution in [0.15, 0.2) is 134 Å². The van der Waals surface area contributed by atoms with Gasteiger partial charge in [-0.15, -0.1) is 0 Å². The van der Waals surface area contributed by atoms with Crippen LogP contribution in [0.25, 0.3) is 11.3 Å². The Kier molecular flexibility index (Phi) is 5.12. The molecule has 5 heterocycles. The first-order chi connectivity index (χ1) is 21.2. The summed E-state index contributed by atoms with van der Waals surface area (Å²) in [7, 11) is 2.17. The number of rotatable bonds is 2. The molecule has 0 bridgehead atoms. The number of fused-ring (bicyclic) bond motifs is 12. The zero-order valence-corrected chi connectivity index (χ0v) is 23.8. The number of hydrogen-bond donors (Lipinski definition) is 0. The van der Waals surface area contributed by atoms with Crippen LogP contribution in [-0.4, -0.2) is 29.3 Å². The lowest BCUT2D eigenvalue weighted by molar-refractivity contribution is 0.322. The maximum atomic E-state index is 4.92. The van der Waals surface area contributed by atoms with Crippen LogP contribution in [0.1, 0.15) is 22.6 Å². The predicted molar refractivity (Wildman–Crippen MR) is 174 cm³/mol. The van der Waals surface area contributed by atoms with Crippen molar-refractivity contribution in [3.8, 4) is 0 Å². The van der Waals surface area contributed by atoms with Gasteiger partial charge in [-0.1, -0.05) is 91.5 Å². The van der Waals surface area contributed by atoms with Crippen LogP contribution in [-0.2, 0) is 0 Å². The Morgan fingerprint density at radius 3 is 2.09 bits per heavy atom. The molecule has 0 N–H and O–H groups in total. The van der Waals surface area contributed by atoms with Crippen molar-refractivity contribution in [1.29, 1.82) is 0 Å². The molecule has 6 nitrogen and oxygen atoms in total. The summed E-state index contributed by atoms with van der Waals surface area (Å²) in [5.74, 6) is 1.91. The molecular formula is C37H30N6. The minimum Gasteiger partial charge on any atom is -0.335 e. The summed E-state index contributed by atoms with van der Waals surface area (Å²) < 4.78 is 0. The molecule has 208 valence electrons. The molecule has 0 aliphatic carbocycles. The van der Waals surface area contributed by atoms with Crippen molar-refractivity contribution in [1.82, 2.24) is 9.97 Å². The maximum Gasteiger partial charge on any atom is 0.178 e. The van der Waals surface area contributed by atoms with E-state index in [0.29, 0.717) is 0 Å². The average Bonchev–Trinajstić information content (AvgIpc) is 3.57. The Bertz CT molecular complexity index is 1920. The standard InChI is InChI=1S/C37H30N6/c1-24-27-17-9-12-20-30(27)43-35-34(38-21-22-39-35)40(2)36(43)33-32(24)28-18-10-11-19-29(28)41-23-31(25-13-5-3-6-14-25)42(37(33)41)26-15-7-4-8-16-26/h3-23,32-33,36-37H,1H2,2H3. The van der Waals surface area contributed by atoms with Gasteiger partial charge in [-0.05, 0) is 41.0 Å². The zero-order valence-electron chi connectivity index (χ0n) is 23.8. The van der Waals surface area contributed by atoms with Crippen molar-refractivity contribution in [2.45, 2.75) is 18.2 Å². The first-order valence-electron chi connectivity index (χ1n) is 14.8. The summed E-state index contributed by atoms with van der Waals surface area (Å²) >= 11 is 0.